The van der Waals surface area contributed by atoms with Crippen molar-refractivity contribution in [3.05, 3.63) is 34.9 Å². The first-order chi connectivity index (χ1) is 7.13. The molecule has 0 saturated heterocycles. The zero-order chi connectivity index (χ0) is 11.8. The number of aryl methyl sites for hydroxylation is 2. The second kappa shape index (κ2) is 7.01. The van der Waals surface area contributed by atoms with Gasteiger partial charge in [-0.3, -0.25) is 10.0 Å². The lowest BCUT2D eigenvalue weighted by atomic mass is 10.1. The summed E-state index contributed by atoms with van der Waals surface area (Å²) in [5.74, 6) is 0. The maximum Gasteiger partial charge on any atom is 0.233 e. The highest BCUT2D eigenvalue weighted by Crippen LogP contribution is 2.11. The first-order valence-corrected chi connectivity index (χ1v) is 5.10. The van der Waals surface area contributed by atoms with Gasteiger partial charge in [-0.15, -0.1) is 0 Å². The Morgan fingerprint density at radius 3 is 2.47 bits per heavy atom. The average Bonchev–Trinajstić information content (AvgIpc) is 2.26. The minimum absolute atomic E-state index is 0.247. The SMILES string of the molecule is CC.Cc1ccc(C)c(CN(O)C=O)c1. The molecule has 0 atom stereocenters. The summed E-state index contributed by atoms with van der Waals surface area (Å²) in [5.41, 5.74) is 3.17. The zero-order valence-corrected chi connectivity index (χ0v) is 9.82. The topological polar surface area (TPSA) is 40.5 Å². The van der Waals surface area contributed by atoms with Gasteiger partial charge in [0.25, 0.3) is 0 Å². The monoisotopic (exact) mass is 209 g/mol. The molecule has 0 unspecified atom stereocenters. The van der Waals surface area contributed by atoms with E-state index in [0.717, 1.165) is 16.7 Å². The van der Waals surface area contributed by atoms with E-state index in [4.69, 9.17) is 5.21 Å². The van der Waals surface area contributed by atoms with Gasteiger partial charge in [0.15, 0.2) is 0 Å². The third-order valence-electron chi connectivity index (χ3n) is 1.96. The highest BCUT2D eigenvalue weighted by Gasteiger charge is 2.02. The molecule has 0 radical (unpaired) electrons. The van der Waals surface area contributed by atoms with Crippen LogP contribution in [0.5, 0.6) is 0 Å². The van der Waals surface area contributed by atoms with Crippen molar-refractivity contribution in [3.63, 3.8) is 0 Å². The van der Waals surface area contributed by atoms with Crippen molar-refractivity contribution in [2.45, 2.75) is 34.2 Å². The largest absolute Gasteiger partial charge is 0.286 e. The lowest BCUT2D eigenvalue weighted by Crippen LogP contribution is -2.16. The van der Waals surface area contributed by atoms with Gasteiger partial charge in [-0.25, -0.2) is 5.06 Å². The van der Waals surface area contributed by atoms with Gasteiger partial charge in [0.2, 0.25) is 6.41 Å². The Balaban J connectivity index is 0.000000921. The van der Waals surface area contributed by atoms with Crippen LogP contribution in [0.1, 0.15) is 30.5 Å². The number of hydroxylamine groups is 2. The number of amides is 1. The summed E-state index contributed by atoms with van der Waals surface area (Å²) in [4.78, 5) is 10.2. The standard InChI is InChI=1S/C10H13NO2.C2H6/c1-8-3-4-9(2)10(5-8)6-11(13)7-12;1-2/h3-5,7,13H,6H2,1-2H3;1-2H3. The Kier molecular flexibility index (Phi) is 6.38. The minimum atomic E-state index is 0.247. The van der Waals surface area contributed by atoms with Gasteiger partial charge < -0.3 is 0 Å². The second-order valence-corrected chi connectivity index (χ2v) is 3.13. The molecule has 0 aliphatic carbocycles. The molecule has 1 amide bonds. The van der Waals surface area contributed by atoms with E-state index >= 15 is 0 Å². The summed E-state index contributed by atoms with van der Waals surface area (Å²) in [5, 5.41) is 9.63. The maximum atomic E-state index is 10.2. The maximum absolute atomic E-state index is 10.2. The summed E-state index contributed by atoms with van der Waals surface area (Å²) >= 11 is 0. The van der Waals surface area contributed by atoms with Gasteiger partial charge in [-0.2, -0.15) is 0 Å². The van der Waals surface area contributed by atoms with Gasteiger partial charge in [0.05, 0.1) is 6.54 Å². The van der Waals surface area contributed by atoms with Gasteiger partial charge in [0.1, 0.15) is 0 Å². The van der Waals surface area contributed by atoms with E-state index in [9.17, 15) is 4.79 Å². The van der Waals surface area contributed by atoms with Crippen LogP contribution < -0.4 is 0 Å². The molecule has 0 aliphatic rings. The molecule has 84 valence electrons. The van der Waals surface area contributed by atoms with Crippen LogP contribution in [0, 0.1) is 13.8 Å². The first-order valence-electron chi connectivity index (χ1n) is 5.10. The molecular weight excluding hydrogens is 190 g/mol. The number of carbonyl (C=O) groups excluding carboxylic acids is 1. The predicted molar refractivity (Wildman–Crippen MR) is 60.7 cm³/mol. The van der Waals surface area contributed by atoms with Crippen molar-refractivity contribution in [3.8, 4) is 0 Å². The van der Waals surface area contributed by atoms with Crippen molar-refractivity contribution >= 4 is 6.41 Å². The summed E-state index contributed by atoms with van der Waals surface area (Å²) in [6, 6.07) is 5.94. The molecule has 0 aromatic heterocycles. The number of nitrogens with zero attached hydrogens (tertiary/aromatic N) is 1. The minimum Gasteiger partial charge on any atom is -0.286 e. The Labute approximate surface area is 91.3 Å². The molecule has 0 spiro atoms. The molecule has 0 aliphatic heterocycles. The van der Waals surface area contributed by atoms with E-state index in [1.807, 2.05) is 45.9 Å². The predicted octanol–water partition coefficient (Wildman–Crippen LogP) is 2.68. The van der Waals surface area contributed by atoms with Gasteiger partial charge in [0, 0.05) is 0 Å². The van der Waals surface area contributed by atoms with E-state index in [1.54, 1.807) is 0 Å². The van der Waals surface area contributed by atoms with Crippen LogP contribution >= 0.6 is 0 Å². The second-order valence-electron chi connectivity index (χ2n) is 3.13. The zero-order valence-electron chi connectivity index (χ0n) is 9.82. The van der Waals surface area contributed by atoms with E-state index in [1.165, 1.54) is 0 Å². The van der Waals surface area contributed by atoms with E-state index in [0.29, 0.717) is 11.5 Å². The molecule has 1 aromatic carbocycles. The fourth-order valence-corrected chi connectivity index (χ4v) is 1.18. The highest BCUT2D eigenvalue weighted by atomic mass is 16.5. The highest BCUT2D eigenvalue weighted by molar-refractivity contribution is 5.45. The normalized spacial score (nSPS) is 8.87. The summed E-state index contributed by atoms with van der Waals surface area (Å²) < 4.78 is 0. The van der Waals surface area contributed by atoms with Crippen LogP contribution in [0.3, 0.4) is 0 Å². The smallest absolute Gasteiger partial charge is 0.233 e. The number of rotatable bonds is 3. The molecule has 1 aromatic rings. The molecule has 1 rings (SSSR count). The Hall–Kier alpha value is -1.35. The summed E-state index contributed by atoms with van der Waals surface area (Å²) in [7, 11) is 0. The first kappa shape index (κ1) is 13.7. The van der Waals surface area contributed by atoms with Gasteiger partial charge in [-0.05, 0) is 25.0 Å². The van der Waals surface area contributed by atoms with Crippen molar-refractivity contribution in [1.82, 2.24) is 5.06 Å². The van der Waals surface area contributed by atoms with Crippen LogP contribution in [0.15, 0.2) is 18.2 Å². The fraction of sp³-hybridized carbons (Fsp3) is 0.417. The van der Waals surface area contributed by atoms with Crippen LogP contribution in [0.2, 0.25) is 0 Å². The molecule has 0 bridgehead atoms. The molecule has 3 heteroatoms. The Morgan fingerprint density at radius 2 is 1.93 bits per heavy atom. The van der Waals surface area contributed by atoms with Crippen LogP contribution in [0.25, 0.3) is 0 Å². The number of hydrogen-bond donors (Lipinski definition) is 1. The average molecular weight is 209 g/mol. The number of hydrogen-bond acceptors (Lipinski definition) is 2. The Bertz CT molecular complexity index is 310. The molecule has 0 saturated carbocycles. The third kappa shape index (κ3) is 4.61. The van der Waals surface area contributed by atoms with E-state index < -0.39 is 0 Å². The molecule has 0 heterocycles. The van der Waals surface area contributed by atoms with Crippen LogP contribution in [-0.4, -0.2) is 16.7 Å². The third-order valence-corrected chi connectivity index (χ3v) is 1.96. The van der Waals surface area contributed by atoms with Crippen LogP contribution in [-0.2, 0) is 11.3 Å². The quantitative estimate of drug-likeness (QED) is 0.472. The van der Waals surface area contributed by atoms with Crippen molar-refractivity contribution in [2.24, 2.45) is 0 Å². The summed E-state index contributed by atoms with van der Waals surface area (Å²) in [6.45, 7) is 8.18. The molecule has 3 nitrogen and oxygen atoms in total. The molecular formula is C12H19NO2. The van der Waals surface area contributed by atoms with E-state index in [2.05, 4.69) is 0 Å². The molecule has 15 heavy (non-hydrogen) atoms. The van der Waals surface area contributed by atoms with Gasteiger partial charge >= 0.3 is 0 Å². The lowest BCUT2D eigenvalue weighted by molar-refractivity contribution is -0.152. The van der Waals surface area contributed by atoms with Crippen molar-refractivity contribution < 1.29 is 10.0 Å². The number of carbonyl (C=O) groups is 1. The van der Waals surface area contributed by atoms with Gasteiger partial charge in [-0.1, -0.05) is 37.6 Å². The van der Waals surface area contributed by atoms with Crippen molar-refractivity contribution in [2.75, 3.05) is 0 Å². The fourth-order valence-electron chi connectivity index (χ4n) is 1.18. The molecule has 1 N–H and O–H groups in total. The summed E-state index contributed by atoms with van der Waals surface area (Å²) in [6.07, 6.45) is 0.405. The van der Waals surface area contributed by atoms with Crippen molar-refractivity contribution in [1.29, 1.82) is 0 Å². The Morgan fingerprint density at radius 1 is 1.33 bits per heavy atom. The number of benzene rings is 1. The van der Waals surface area contributed by atoms with E-state index in [-0.39, 0.29) is 6.54 Å². The molecule has 0 fully saturated rings. The van der Waals surface area contributed by atoms with Crippen LogP contribution in [0.4, 0.5) is 0 Å². The lowest BCUT2D eigenvalue weighted by Gasteiger charge is -2.11.